The molecule has 0 saturated heterocycles. The van der Waals surface area contributed by atoms with Crippen LogP contribution in [0.2, 0.25) is 0 Å². The second kappa shape index (κ2) is 5.89. The van der Waals surface area contributed by atoms with Gasteiger partial charge in [-0.05, 0) is 17.7 Å². The number of halogens is 1. The Kier molecular flexibility index (Phi) is 3.79. The highest BCUT2D eigenvalue weighted by Crippen LogP contribution is 2.19. The van der Waals surface area contributed by atoms with Crippen LogP contribution in [-0.4, -0.2) is 9.55 Å². The van der Waals surface area contributed by atoms with Crippen LogP contribution in [0.4, 0.5) is 4.39 Å². The standard InChI is InChI=1S/C17H16FN3/c18-16-7-6-13(11-19)10-15(16)12-21-9-8-20-17(21)14-4-2-1-3-5-14/h1-10H,11-12,19H2. The van der Waals surface area contributed by atoms with Gasteiger partial charge in [0, 0.05) is 30.1 Å². The van der Waals surface area contributed by atoms with Crippen molar-refractivity contribution < 1.29 is 4.39 Å². The molecule has 3 rings (SSSR count). The third-order valence-electron chi connectivity index (χ3n) is 3.43. The van der Waals surface area contributed by atoms with Crippen LogP contribution in [0.3, 0.4) is 0 Å². The van der Waals surface area contributed by atoms with Crippen molar-refractivity contribution in [3.63, 3.8) is 0 Å². The molecule has 0 bridgehead atoms. The maximum absolute atomic E-state index is 14.0. The Bertz CT molecular complexity index is 735. The van der Waals surface area contributed by atoms with Crippen molar-refractivity contribution in [2.45, 2.75) is 13.1 Å². The van der Waals surface area contributed by atoms with Gasteiger partial charge >= 0.3 is 0 Å². The van der Waals surface area contributed by atoms with E-state index in [1.807, 2.05) is 47.2 Å². The first kappa shape index (κ1) is 13.5. The van der Waals surface area contributed by atoms with Crippen LogP contribution in [-0.2, 0) is 13.1 Å². The Morgan fingerprint density at radius 2 is 1.90 bits per heavy atom. The highest BCUT2D eigenvalue weighted by atomic mass is 19.1. The molecule has 0 aliphatic rings. The van der Waals surface area contributed by atoms with Crippen molar-refractivity contribution in [1.29, 1.82) is 0 Å². The van der Waals surface area contributed by atoms with E-state index >= 15 is 0 Å². The van der Waals surface area contributed by atoms with Crippen LogP contribution in [0.15, 0.2) is 60.9 Å². The predicted octanol–water partition coefficient (Wildman–Crippen LogP) is 3.20. The first-order valence-electron chi connectivity index (χ1n) is 6.82. The average Bonchev–Trinajstić information content (AvgIpc) is 2.98. The third-order valence-corrected chi connectivity index (χ3v) is 3.43. The molecule has 0 aliphatic heterocycles. The Labute approximate surface area is 122 Å². The summed E-state index contributed by atoms with van der Waals surface area (Å²) in [7, 11) is 0. The van der Waals surface area contributed by atoms with Crippen molar-refractivity contribution in [2.75, 3.05) is 0 Å². The topological polar surface area (TPSA) is 43.8 Å². The molecule has 0 amide bonds. The zero-order valence-corrected chi connectivity index (χ0v) is 11.5. The van der Waals surface area contributed by atoms with E-state index in [2.05, 4.69) is 4.98 Å². The summed E-state index contributed by atoms with van der Waals surface area (Å²) in [5.74, 6) is 0.605. The van der Waals surface area contributed by atoms with E-state index < -0.39 is 0 Å². The van der Waals surface area contributed by atoms with Gasteiger partial charge < -0.3 is 10.3 Å². The van der Waals surface area contributed by atoms with Gasteiger partial charge in [-0.25, -0.2) is 9.37 Å². The van der Waals surface area contributed by atoms with Crippen molar-refractivity contribution in [2.24, 2.45) is 5.73 Å². The molecule has 0 aliphatic carbocycles. The Balaban J connectivity index is 1.95. The summed E-state index contributed by atoms with van der Waals surface area (Å²) < 4.78 is 15.9. The molecule has 0 fully saturated rings. The van der Waals surface area contributed by atoms with Crippen LogP contribution in [0.25, 0.3) is 11.4 Å². The molecule has 2 aromatic carbocycles. The number of aromatic nitrogens is 2. The zero-order valence-electron chi connectivity index (χ0n) is 11.5. The summed E-state index contributed by atoms with van der Waals surface area (Å²) in [5.41, 5.74) is 8.18. The monoisotopic (exact) mass is 281 g/mol. The van der Waals surface area contributed by atoms with E-state index in [1.54, 1.807) is 12.3 Å². The predicted molar refractivity (Wildman–Crippen MR) is 81.1 cm³/mol. The van der Waals surface area contributed by atoms with Crippen LogP contribution >= 0.6 is 0 Å². The fourth-order valence-electron chi connectivity index (χ4n) is 2.34. The molecular weight excluding hydrogens is 265 g/mol. The van der Waals surface area contributed by atoms with Crippen LogP contribution in [0.5, 0.6) is 0 Å². The minimum Gasteiger partial charge on any atom is -0.326 e. The molecular formula is C17H16FN3. The molecule has 0 radical (unpaired) electrons. The molecule has 106 valence electrons. The first-order chi connectivity index (χ1) is 10.3. The third kappa shape index (κ3) is 2.85. The van der Waals surface area contributed by atoms with Gasteiger partial charge in [0.15, 0.2) is 0 Å². The van der Waals surface area contributed by atoms with Gasteiger partial charge in [-0.1, -0.05) is 36.4 Å². The average molecular weight is 281 g/mol. The maximum atomic E-state index is 14.0. The summed E-state index contributed by atoms with van der Waals surface area (Å²) in [4.78, 5) is 4.37. The molecule has 0 saturated carbocycles. The zero-order chi connectivity index (χ0) is 14.7. The fraction of sp³-hybridized carbons (Fsp3) is 0.118. The molecule has 0 atom stereocenters. The van der Waals surface area contributed by atoms with E-state index in [1.165, 1.54) is 6.07 Å². The molecule has 1 aromatic heterocycles. The van der Waals surface area contributed by atoms with Gasteiger partial charge in [0.05, 0.1) is 6.54 Å². The highest BCUT2D eigenvalue weighted by Gasteiger charge is 2.09. The summed E-state index contributed by atoms with van der Waals surface area (Å²) in [6.07, 6.45) is 3.59. The van der Waals surface area contributed by atoms with Gasteiger partial charge in [0.2, 0.25) is 0 Å². The van der Waals surface area contributed by atoms with Crippen molar-refractivity contribution in [3.8, 4) is 11.4 Å². The molecule has 21 heavy (non-hydrogen) atoms. The van der Waals surface area contributed by atoms with E-state index in [9.17, 15) is 4.39 Å². The van der Waals surface area contributed by atoms with E-state index in [0.29, 0.717) is 18.7 Å². The van der Waals surface area contributed by atoms with Crippen LogP contribution in [0.1, 0.15) is 11.1 Å². The maximum Gasteiger partial charge on any atom is 0.140 e. The van der Waals surface area contributed by atoms with Crippen LogP contribution in [0, 0.1) is 5.82 Å². The second-order valence-corrected chi connectivity index (χ2v) is 4.87. The van der Waals surface area contributed by atoms with Gasteiger partial charge in [0.1, 0.15) is 11.6 Å². The Morgan fingerprint density at radius 3 is 2.67 bits per heavy atom. The molecule has 2 N–H and O–H groups in total. The normalized spacial score (nSPS) is 10.8. The van der Waals surface area contributed by atoms with Crippen molar-refractivity contribution in [1.82, 2.24) is 9.55 Å². The minimum atomic E-state index is -0.222. The lowest BCUT2D eigenvalue weighted by atomic mass is 10.1. The van der Waals surface area contributed by atoms with Gasteiger partial charge in [0.25, 0.3) is 0 Å². The summed E-state index contributed by atoms with van der Waals surface area (Å²) >= 11 is 0. The quantitative estimate of drug-likeness (QED) is 0.798. The molecule has 3 nitrogen and oxygen atoms in total. The Morgan fingerprint density at radius 1 is 1.10 bits per heavy atom. The van der Waals surface area contributed by atoms with E-state index in [0.717, 1.165) is 17.0 Å². The van der Waals surface area contributed by atoms with Gasteiger partial charge in [-0.2, -0.15) is 0 Å². The SMILES string of the molecule is NCc1ccc(F)c(Cn2ccnc2-c2ccccc2)c1. The second-order valence-electron chi connectivity index (χ2n) is 4.87. The van der Waals surface area contributed by atoms with Gasteiger partial charge in [-0.3, -0.25) is 0 Å². The van der Waals surface area contributed by atoms with Crippen LogP contribution < -0.4 is 5.73 Å². The van der Waals surface area contributed by atoms with E-state index in [-0.39, 0.29) is 5.82 Å². The first-order valence-corrected chi connectivity index (χ1v) is 6.82. The number of rotatable bonds is 4. The summed E-state index contributed by atoms with van der Waals surface area (Å²) in [5, 5.41) is 0. The largest absolute Gasteiger partial charge is 0.326 e. The lowest BCUT2D eigenvalue weighted by Crippen LogP contribution is -2.05. The van der Waals surface area contributed by atoms with Crippen molar-refractivity contribution >= 4 is 0 Å². The Hall–Kier alpha value is -2.46. The molecule has 4 heteroatoms. The number of imidazole rings is 1. The minimum absolute atomic E-state index is 0.222. The number of nitrogens with two attached hydrogens (primary N) is 1. The molecule has 1 heterocycles. The van der Waals surface area contributed by atoms with Crippen molar-refractivity contribution in [3.05, 3.63) is 77.9 Å². The number of hydrogen-bond donors (Lipinski definition) is 1. The highest BCUT2D eigenvalue weighted by molar-refractivity contribution is 5.55. The van der Waals surface area contributed by atoms with Gasteiger partial charge in [-0.15, -0.1) is 0 Å². The lowest BCUT2D eigenvalue weighted by Gasteiger charge is -2.10. The molecule has 0 unspecified atom stereocenters. The summed E-state index contributed by atoms with van der Waals surface area (Å²) in [6.45, 7) is 0.840. The number of benzene rings is 2. The molecule has 3 aromatic rings. The lowest BCUT2D eigenvalue weighted by molar-refractivity contribution is 0.599. The summed E-state index contributed by atoms with van der Waals surface area (Å²) in [6, 6.07) is 14.9. The fourth-order valence-corrected chi connectivity index (χ4v) is 2.34. The number of nitrogens with zero attached hydrogens (tertiary/aromatic N) is 2. The van der Waals surface area contributed by atoms with E-state index in [4.69, 9.17) is 5.73 Å². The smallest absolute Gasteiger partial charge is 0.140 e. The number of hydrogen-bond acceptors (Lipinski definition) is 2. The molecule has 0 spiro atoms.